The van der Waals surface area contributed by atoms with Crippen molar-refractivity contribution in [1.29, 1.82) is 5.26 Å². The van der Waals surface area contributed by atoms with Crippen molar-refractivity contribution in [3.8, 4) is 11.9 Å². The monoisotopic (exact) mass is 635 g/mol. The first-order valence-electron chi connectivity index (χ1n) is 13.6. The van der Waals surface area contributed by atoms with E-state index in [0.29, 0.717) is 58.3 Å². The standard InChI is InChI=1S/C31H31Cl2N7O2S/c1-3-24(37-28(41)13-26-16-35-20-40(26)17-22-9-7-21(14-34)8-10-22)19-39(18-23-5-4-6-27(32)30(23)33)31(43)38-25-11-12-29(42-2)36-15-25/h4-12,15-16,20,24H,3,13,17-19H2,1-2H3,(H,37,41)(H,38,43)/t24-/m0/s1. The molecular formula is C31H31Cl2N7O2S. The van der Waals surface area contributed by atoms with Gasteiger partial charge in [-0.2, -0.15) is 5.26 Å². The third kappa shape index (κ3) is 8.91. The maximum absolute atomic E-state index is 13.2. The Morgan fingerprint density at radius 1 is 1.16 bits per heavy atom. The number of ether oxygens (including phenoxy) is 1. The van der Waals surface area contributed by atoms with E-state index in [1.807, 2.05) is 46.7 Å². The minimum atomic E-state index is -0.214. The van der Waals surface area contributed by atoms with Crippen LogP contribution in [0.4, 0.5) is 5.69 Å². The second-order valence-electron chi connectivity index (χ2n) is 9.78. The van der Waals surface area contributed by atoms with Crippen molar-refractivity contribution >= 4 is 52.1 Å². The Labute approximate surface area is 266 Å². The van der Waals surface area contributed by atoms with Crippen molar-refractivity contribution in [2.45, 2.75) is 38.9 Å². The molecule has 0 bridgehead atoms. The van der Waals surface area contributed by atoms with Gasteiger partial charge in [-0.3, -0.25) is 4.79 Å². The van der Waals surface area contributed by atoms with Crippen LogP contribution in [0.2, 0.25) is 10.0 Å². The molecule has 222 valence electrons. The van der Waals surface area contributed by atoms with Crippen LogP contribution < -0.4 is 15.4 Å². The van der Waals surface area contributed by atoms with Crippen molar-refractivity contribution in [1.82, 2.24) is 24.8 Å². The lowest BCUT2D eigenvalue weighted by Crippen LogP contribution is -2.47. The third-order valence-corrected chi connectivity index (χ3v) is 7.97. The average Bonchev–Trinajstić information content (AvgIpc) is 3.45. The van der Waals surface area contributed by atoms with E-state index in [1.165, 1.54) is 0 Å². The van der Waals surface area contributed by atoms with Crippen LogP contribution in [0.5, 0.6) is 5.88 Å². The van der Waals surface area contributed by atoms with E-state index in [0.717, 1.165) is 16.8 Å². The van der Waals surface area contributed by atoms with Crippen LogP contribution in [0.25, 0.3) is 0 Å². The second-order valence-corrected chi connectivity index (χ2v) is 11.0. The maximum atomic E-state index is 13.2. The molecule has 0 saturated carbocycles. The number of anilines is 1. The molecular weight excluding hydrogens is 605 g/mol. The number of aromatic nitrogens is 3. The molecule has 1 atom stereocenters. The molecule has 4 aromatic rings. The highest BCUT2D eigenvalue weighted by Gasteiger charge is 2.20. The summed E-state index contributed by atoms with van der Waals surface area (Å²) in [5.74, 6) is 0.360. The molecule has 43 heavy (non-hydrogen) atoms. The van der Waals surface area contributed by atoms with Crippen LogP contribution in [0.3, 0.4) is 0 Å². The van der Waals surface area contributed by atoms with E-state index >= 15 is 0 Å². The largest absolute Gasteiger partial charge is 0.481 e. The second kappa shape index (κ2) is 15.3. The van der Waals surface area contributed by atoms with Gasteiger partial charge in [-0.05, 0) is 54.0 Å². The summed E-state index contributed by atoms with van der Waals surface area (Å²) in [4.78, 5) is 23.6. The van der Waals surface area contributed by atoms with Gasteiger partial charge < -0.3 is 24.8 Å². The summed E-state index contributed by atoms with van der Waals surface area (Å²) in [6, 6.07) is 18.3. The van der Waals surface area contributed by atoms with Crippen molar-refractivity contribution in [3.05, 3.63) is 106 Å². The summed E-state index contributed by atoms with van der Waals surface area (Å²) >= 11 is 18.6. The van der Waals surface area contributed by atoms with E-state index in [-0.39, 0.29) is 18.4 Å². The van der Waals surface area contributed by atoms with E-state index in [2.05, 4.69) is 26.7 Å². The van der Waals surface area contributed by atoms with Gasteiger partial charge in [-0.1, -0.05) is 54.4 Å². The van der Waals surface area contributed by atoms with E-state index in [4.69, 9.17) is 45.4 Å². The summed E-state index contributed by atoms with van der Waals surface area (Å²) < 4.78 is 7.07. The first-order chi connectivity index (χ1) is 20.8. The van der Waals surface area contributed by atoms with Crippen LogP contribution in [0.1, 0.15) is 35.7 Å². The fourth-order valence-electron chi connectivity index (χ4n) is 4.38. The predicted octanol–water partition coefficient (Wildman–Crippen LogP) is 5.85. The zero-order chi connectivity index (χ0) is 30.8. The normalized spacial score (nSPS) is 11.3. The van der Waals surface area contributed by atoms with E-state index in [1.54, 1.807) is 50.1 Å². The molecule has 1 amide bonds. The SMILES string of the molecule is CC[C@@H](CN(Cc1cccc(Cl)c1Cl)C(=S)Nc1ccc(OC)nc1)NC(=O)Cc1cncn1Cc1ccc(C#N)cc1. The molecule has 4 rings (SSSR count). The predicted molar refractivity (Wildman–Crippen MR) is 172 cm³/mol. The highest BCUT2D eigenvalue weighted by atomic mass is 35.5. The number of benzene rings is 2. The van der Waals surface area contributed by atoms with Gasteiger partial charge in [0.1, 0.15) is 0 Å². The first kappa shape index (κ1) is 31.8. The number of carbonyl (C=O) groups excluding carboxylic acids is 1. The smallest absolute Gasteiger partial charge is 0.226 e. The number of hydrogen-bond donors (Lipinski definition) is 2. The molecule has 0 saturated heterocycles. The zero-order valence-electron chi connectivity index (χ0n) is 23.8. The molecule has 2 aromatic carbocycles. The van der Waals surface area contributed by atoms with Gasteiger partial charge in [0.2, 0.25) is 11.8 Å². The summed E-state index contributed by atoms with van der Waals surface area (Å²) in [6.45, 7) is 3.35. The zero-order valence-corrected chi connectivity index (χ0v) is 26.1. The lowest BCUT2D eigenvalue weighted by molar-refractivity contribution is -0.121. The number of nitrogens with one attached hydrogen (secondary N) is 2. The minimum Gasteiger partial charge on any atom is -0.481 e. The molecule has 0 spiro atoms. The van der Waals surface area contributed by atoms with Crippen LogP contribution >= 0.6 is 35.4 Å². The van der Waals surface area contributed by atoms with Crippen molar-refractivity contribution in [2.24, 2.45) is 0 Å². The van der Waals surface area contributed by atoms with Crippen molar-refractivity contribution < 1.29 is 9.53 Å². The fourth-order valence-corrected chi connectivity index (χ4v) is 5.01. The Kier molecular flexibility index (Phi) is 11.3. The number of methoxy groups -OCH3 is 1. The van der Waals surface area contributed by atoms with Gasteiger partial charge in [-0.15, -0.1) is 0 Å². The molecule has 0 aliphatic heterocycles. The van der Waals surface area contributed by atoms with Gasteiger partial charge in [0.05, 0.1) is 53.4 Å². The quantitative estimate of drug-likeness (QED) is 0.187. The maximum Gasteiger partial charge on any atom is 0.226 e. The van der Waals surface area contributed by atoms with Crippen molar-refractivity contribution in [3.63, 3.8) is 0 Å². The third-order valence-electron chi connectivity index (χ3n) is 6.75. The number of nitrogens with zero attached hydrogens (tertiary/aromatic N) is 5. The number of amides is 1. The minimum absolute atomic E-state index is 0.132. The van der Waals surface area contributed by atoms with Crippen LogP contribution in [-0.2, 0) is 24.3 Å². The number of pyridine rings is 1. The molecule has 9 nitrogen and oxygen atoms in total. The number of nitriles is 1. The Hall–Kier alpha value is -4.17. The van der Waals surface area contributed by atoms with E-state index in [9.17, 15) is 4.79 Å². The van der Waals surface area contributed by atoms with Gasteiger partial charge in [0.25, 0.3) is 0 Å². The molecule has 0 fully saturated rings. The number of halogens is 2. The highest BCUT2D eigenvalue weighted by molar-refractivity contribution is 7.80. The lowest BCUT2D eigenvalue weighted by Gasteiger charge is -2.30. The molecule has 0 unspecified atom stereocenters. The van der Waals surface area contributed by atoms with Gasteiger partial charge in [-0.25, -0.2) is 9.97 Å². The molecule has 2 N–H and O–H groups in total. The Morgan fingerprint density at radius 2 is 1.95 bits per heavy atom. The highest BCUT2D eigenvalue weighted by Crippen LogP contribution is 2.27. The molecule has 2 heterocycles. The van der Waals surface area contributed by atoms with Crippen LogP contribution in [0, 0.1) is 11.3 Å². The Balaban J connectivity index is 1.45. The number of carbonyl (C=O) groups is 1. The Morgan fingerprint density at radius 3 is 2.63 bits per heavy atom. The molecule has 0 aliphatic rings. The summed E-state index contributed by atoms with van der Waals surface area (Å²) in [5.41, 5.74) is 3.89. The van der Waals surface area contributed by atoms with Crippen LogP contribution in [0.15, 0.2) is 73.3 Å². The molecule has 0 aliphatic carbocycles. The Bertz CT molecular complexity index is 1590. The number of imidazole rings is 1. The summed E-state index contributed by atoms with van der Waals surface area (Å²) in [7, 11) is 1.55. The fraction of sp³-hybridized carbons (Fsp3) is 0.258. The van der Waals surface area contributed by atoms with Crippen LogP contribution in [-0.4, -0.2) is 50.2 Å². The lowest BCUT2D eigenvalue weighted by atomic mass is 10.1. The first-order valence-corrected chi connectivity index (χ1v) is 14.7. The summed E-state index contributed by atoms with van der Waals surface area (Å²) in [6.07, 6.45) is 5.86. The van der Waals surface area contributed by atoms with Gasteiger partial charge in [0.15, 0.2) is 5.11 Å². The van der Waals surface area contributed by atoms with Crippen molar-refractivity contribution in [2.75, 3.05) is 19.0 Å². The summed E-state index contributed by atoms with van der Waals surface area (Å²) in [5, 5.41) is 16.8. The molecule has 2 aromatic heterocycles. The van der Waals surface area contributed by atoms with Gasteiger partial charge >= 0.3 is 0 Å². The number of hydrogen-bond acceptors (Lipinski definition) is 6. The molecule has 0 radical (unpaired) electrons. The topological polar surface area (TPSA) is 108 Å². The molecule has 12 heteroatoms. The van der Waals surface area contributed by atoms with Gasteiger partial charge in [0, 0.05) is 43.6 Å². The van der Waals surface area contributed by atoms with E-state index < -0.39 is 0 Å². The number of rotatable bonds is 12. The average molecular weight is 637 g/mol. The number of thiocarbonyl (C=S) groups is 1.